The summed E-state index contributed by atoms with van der Waals surface area (Å²) < 4.78 is 36.2. The summed E-state index contributed by atoms with van der Waals surface area (Å²) >= 11 is 0. The Kier molecular flexibility index (Phi) is 6.35. The molecule has 0 spiro atoms. The number of ether oxygens (including phenoxy) is 6. The van der Waals surface area contributed by atoms with Gasteiger partial charge in [-0.15, -0.1) is 6.58 Å². The topological polar surface area (TPSA) is 55.4 Å². The van der Waals surface area contributed by atoms with Crippen LogP contribution < -0.4 is 0 Å². The van der Waals surface area contributed by atoms with E-state index in [2.05, 4.69) is 6.58 Å². The third-order valence-electron chi connectivity index (χ3n) is 5.56. The van der Waals surface area contributed by atoms with Crippen LogP contribution in [0.3, 0.4) is 0 Å². The van der Waals surface area contributed by atoms with E-state index in [9.17, 15) is 0 Å². The zero-order valence-corrected chi connectivity index (χ0v) is 16.6. The first-order valence-electron chi connectivity index (χ1n) is 9.30. The predicted molar refractivity (Wildman–Crippen MR) is 100 cm³/mol. The number of rotatable bonds is 7. The normalized spacial score (nSPS) is 39.0. The number of fused-ring (bicyclic) bond motifs is 1. The summed E-state index contributed by atoms with van der Waals surface area (Å²) in [6.07, 6.45) is 1.35. The first kappa shape index (κ1) is 20.5. The molecule has 0 aromatic heterocycles. The van der Waals surface area contributed by atoms with Gasteiger partial charge in [-0.05, 0) is 25.8 Å². The standard InChI is InChI=1S/C21H30O6/c1-6-10-16-18(25-13-15-11-8-7-9-12-15)19-17(14-24-16)26-20(2,22-4)21(3,23-5)27-19/h6-9,11-12,16-19H,1,10,13-14H2,2-5H3/t16-,17-,18+,19+,20+,21+/m1/s1. The van der Waals surface area contributed by atoms with E-state index in [-0.39, 0.29) is 24.4 Å². The second kappa shape index (κ2) is 8.39. The Balaban J connectivity index is 1.82. The van der Waals surface area contributed by atoms with E-state index in [1.807, 2.05) is 50.3 Å². The molecule has 6 heteroatoms. The summed E-state index contributed by atoms with van der Waals surface area (Å²) in [7, 11) is 3.16. The highest BCUT2D eigenvalue weighted by molar-refractivity contribution is 5.13. The van der Waals surface area contributed by atoms with E-state index in [0.29, 0.717) is 19.6 Å². The Morgan fingerprint density at radius 2 is 1.78 bits per heavy atom. The molecule has 27 heavy (non-hydrogen) atoms. The third-order valence-corrected chi connectivity index (χ3v) is 5.56. The highest BCUT2D eigenvalue weighted by Gasteiger charge is 2.60. The molecule has 0 amide bonds. The van der Waals surface area contributed by atoms with Gasteiger partial charge in [0, 0.05) is 14.2 Å². The fourth-order valence-corrected chi connectivity index (χ4v) is 3.64. The molecule has 0 saturated carbocycles. The van der Waals surface area contributed by atoms with Gasteiger partial charge in [-0.25, -0.2) is 0 Å². The second-order valence-corrected chi connectivity index (χ2v) is 7.20. The van der Waals surface area contributed by atoms with Crippen LogP contribution in [0.2, 0.25) is 0 Å². The molecule has 0 unspecified atom stereocenters. The molecule has 6 atom stereocenters. The van der Waals surface area contributed by atoms with E-state index in [0.717, 1.165) is 5.56 Å². The van der Waals surface area contributed by atoms with Crippen LogP contribution in [0.1, 0.15) is 25.8 Å². The van der Waals surface area contributed by atoms with Gasteiger partial charge in [-0.3, -0.25) is 0 Å². The average Bonchev–Trinajstić information content (AvgIpc) is 2.69. The largest absolute Gasteiger partial charge is 0.372 e. The zero-order valence-electron chi connectivity index (χ0n) is 16.6. The molecule has 0 N–H and O–H groups in total. The SMILES string of the molecule is C=CC[C@H]1OC[C@H]2O[C@](C)(OC)[C@@](C)(OC)O[C@@H]2[C@H]1OCc1ccccc1. The van der Waals surface area contributed by atoms with E-state index >= 15 is 0 Å². The highest BCUT2D eigenvalue weighted by Crippen LogP contribution is 2.43. The predicted octanol–water partition coefficient (Wildman–Crippen LogP) is 3.06. The van der Waals surface area contributed by atoms with Crippen molar-refractivity contribution in [2.45, 2.75) is 62.9 Å². The summed E-state index contributed by atoms with van der Waals surface area (Å²) in [4.78, 5) is 0. The Hall–Kier alpha value is -1.28. The Morgan fingerprint density at radius 3 is 2.41 bits per heavy atom. The molecule has 6 nitrogen and oxygen atoms in total. The Labute approximate surface area is 161 Å². The Bertz CT molecular complexity index is 622. The maximum Gasteiger partial charge on any atom is 0.220 e. The van der Waals surface area contributed by atoms with Crippen LogP contribution >= 0.6 is 0 Å². The minimum absolute atomic E-state index is 0.163. The fourth-order valence-electron chi connectivity index (χ4n) is 3.64. The minimum atomic E-state index is -1.08. The van der Waals surface area contributed by atoms with Crippen LogP contribution in [0, 0.1) is 0 Å². The molecule has 1 aromatic rings. The highest BCUT2D eigenvalue weighted by atomic mass is 16.8. The monoisotopic (exact) mass is 378 g/mol. The van der Waals surface area contributed by atoms with Crippen molar-refractivity contribution in [2.24, 2.45) is 0 Å². The lowest BCUT2D eigenvalue weighted by Crippen LogP contribution is -2.70. The summed E-state index contributed by atoms with van der Waals surface area (Å²) in [6, 6.07) is 10.0. The number of methoxy groups -OCH3 is 2. The van der Waals surface area contributed by atoms with Gasteiger partial charge in [0.25, 0.3) is 0 Å². The van der Waals surface area contributed by atoms with Crippen LogP contribution in [0.15, 0.2) is 43.0 Å². The smallest absolute Gasteiger partial charge is 0.220 e. The third kappa shape index (κ3) is 3.97. The second-order valence-electron chi connectivity index (χ2n) is 7.20. The van der Waals surface area contributed by atoms with Crippen molar-refractivity contribution in [3.05, 3.63) is 48.6 Å². The lowest BCUT2D eigenvalue weighted by molar-refractivity contribution is -0.466. The lowest BCUT2D eigenvalue weighted by Gasteiger charge is -2.55. The van der Waals surface area contributed by atoms with Crippen molar-refractivity contribution in [1.82, 2.24) is 0 Å². The summed E-state index contributed by atoms with van der Waals surface area (Å²) in [5.41, 5.74) is 1.09. The number of hydrogen-bond acceptors (Lipinski definition) is 6. The van der Waals surface area contributed by atoms with Gasteiger partial charge in [0.05, 0.1) is 19.3 Å². The molecule has 2 fully saturated rings. The van der Waals surface area contributed by atoms with Crippen molar-refractivity contribution in [3.63, 3.8) is 0 Å². The van der Waals surface area contributed by atoms with Crippen molar-refractivity contribution < 1.29 is 28.4 Å². The zero-order chi connectivity index (χ0) is 19.5. The van der Waals surface area contributed by atoms with Gasteiger partial charge in [-0.1, -0.05) is 36.4 Å². The summed E-state index contributed by atoms with van der Waals surface area (Å²) in [5, 5.41) is 0. The van der Waals surface area contributed by atoms with Crippen LogP contribution in [0.25, 0.3) is 0 Å². The van der Waals surface area contributed by atoms with Crippen molar-refractivity contribution >= 4 is 0 Å². The van der Waals surface area contributed by atoms with Gasteiger partial charge >= 0.3 is 0 Å². The number of benzene rings is 1. The molecule has 2 heterocycles. The minimum Gasteiger partial charge on any atom is -0.372 e. The van der Waals surface area contributed by atoms with Crippen molar-refractivity contribution in [3.8, 4) is 0 Å². The van der Waals surface area contributed by atoms with Crippen molar-refractivity contribution in [2.75, 3.05) is 20.8 Å². The number of hydrogen-bond donors (Lipinski definition) is 0. The first-order chi connectivity index (χ1) is 13.0. The maximum absolute atomic E-state index is 6.40. The molecule has 0 aliphatic carbocycles. The van der Waals surface area contributed by atoms with Crippen LogP contribution in [0.4, 0.5) is 0 Å². The molecule has 2 saturated heterocycles. The Morgan fingerprint density at radius 1 is 1.11 bits per heavy atom. The van der Waals surface area contributed by atoms with Crippen LogP contribution in [0.5, 0.6) is 0 Å². The van der Waals surface area contributed by atoms with Gasteiger partial charge in [0.2, 0.25) is 11.6 Å². The fraction of sp³-hybridized carbons (Fsp3) is 0.619. The maximum atomic E-state index is 6.40. The van der Waals surface area contributed by atoms with Gasteiger partial charge < -0.3 is 28.4 Å². The van der Waals surface area contributed by atoms with E-state index in [4.69, 9.17) is 28.4 Å². The molecule has 150 valence electrons. The molecule has 0 radical (unpaired) electrons. The van der Waals surface area contributed by atoms with E-state index in [1.54, 1.807) is 14.2 Å². The van der Waals surface area contributed by atoms with Gasteiger partial charge in [-0.2, -0.15) is 0 Å². The van der Waals surface area contributed by atoms with Crippen LogP contribution in [-0.2, 0) is 35.0 Å². The molecule has 2 aliphatic rings. The van der Waals surface area contributed by atoms with Gasteiger partial charge in [0.1, 0.15) is 18.3 Å². The van der Waals surface area contributed by atoms with E-state index < -0.39 is 11.6 Å². The molecule has 1 aromatic carbocycles. The molecule has 2 aliphatic heterocycles. The van der Waals surface area contributed by atoms with Crippen LogP contribution in [-0.4, -0.2) is 56.8 Å². The lowest BCUT2D eigenvalue weighted by atomic mass is 9.93. The van der Waals surface area contributed by atoms with E-state index in [1.165, 1.54) is 0 Å². The van der Waals surface area contributed by atoms with Crippen molar-refractivity contribution in [1.29, 1.82) is 0 Å². The average molecular weight is 378 g/mol. The molecule has 3 rings (SSSR count). The summed E-state index contributed by atoms with van der Waals surface area (Å²) in [5.74, 6) is -2.13. The quantitative estimate of drug-likeness (QED) is 0.680. The first-order valence-corrected chi connectivity index (χ1v) is 9.30. The molecule has 0 bridgehead atoms. The molecular weight excluding hydrogens is 348 g/mol. The molecular formula is C21H30O6. The summed E-state index contributed by atoms with van der Waals surface area (Å²) in [6.45, 7) is 8.32. The van der Waals surface area contributed by atoms with Gasteiger partial charge in [0.15, 0.2) is 0 Å².